The van der Waals surface area contributed by atoms with Gasteiger partial charge < -0.3 is 34.1 Å². The third kappa shape index (κ3) is 17.8. The highest BCUT2D eigenvalue weighted by molar-refractivity contribution is 6.38. The van der Waals surface area contributed by atoms with E-state index in [2.05, 4.69) is 6.92 Å². The summed E-state index contributed by atoms with van der Waals surface area (Å²) in [5, 5.41) is 22.0. The molecule has 2 N–H and O–H groups in total. The van der Waals surface area contributed by atoms with Crippen LogP contribution in [-0.2, 0) is 47.7 Å². The summed E-state index contributed by atoms with van der Waals surface area (Å²) in [5.74, 6) is -3.05. The van der Waals surface area contributed by atoms with Gasteiger partial charge in [-0.3, -0.25) is 28.8 Å². The van der Waals surface area contributed by atoms with E-state index in [0.29, 0.717) is 57.1 Å². The highest BCUT2D eigenvalue weighted by atomic mass is 16.5. The molecule has 0 radical (unpaired) electrons. The van der Waals surface area contributed by atoms with E-state index in [1.165, 1.54) is 12.0 Å². The lowest BCUT2D eigenvalue weighted by Crippen LogP contribution is -2.53. The average Bonchev–Trinajstić information content (AvgIpc) is 3.33. The first-order valence-corrected chi connectivity index (χ1v) is 26.3. The van der Waals surface area contributed by atoms with Crippen LogP contribution in [0.2, 0.25) is 0 Å². The number of allylic oxidation sites excluding steroid dienone is 6. The molecule has 2 saturated heterocycles. The molecule has 14 atom stereocenters. The maximum absolute atomic E-state index is 14.3. The van der Waals surface area contributed by atoms with Crippen molar-refractivity contribution < 1.29 is 57.9 Å². The molecule has 396 valence electrons. The fourth-order valence-corrected chi connectivity index (χ4v) is 10.4. The molecule has 1 aliphatic carbocycles. The van der Waals surface area contributed by atoms with Crippen LogP contribution in [0, 0.1) is 46.8 Å². The number of hydrogen-bond donors (Lipinski definition) is 2. The lowest BCUT2D eigenvalue weighted by molar-refractivity contribution is -0.161. The Balaban J connectivity index is 1.68. The van der Waals surface area contributed by atoms with Crippen molar-refractivity contribution in [3.05, 3.63) is 47.6 Å². The molecule has 3 fully saturated rings. The van der Waals surface area contributed by atoms with Gasteiger partial charge in [0.05, 0.1) is 30.3 Å². The molecule has 13 heteroatoms. The van der Waals surface area contributed by atoms with Gasteiger partial charge >= 0.3 is 5.97 Å². The molecular formula is C57H91NO12. The highest BCUT2D eigenvalue weighted by Gasteiger charge is 2.42. The van der Waals surface area contributed by atoms with Crippen LogP contribution in [0.25, 0.3) is 0 Å². The number of cyclic esters (lactones) is 1. The van der Waals surface area contributed by atoms with Crippen molar-refractivity contribution in [2.45, 2.75) is 202 Å². The van der Waals surface area contributed by atoms with Crippen LogP contribution >= 0.6 is 0 Å². The Morgan fingerprint density at radius 2 is 1.59 bits per heavy atom. The van der Waals surface area contributed by atoms with E-state index < -0.39 is 53.3 Å². The van der Waals surface area contributed by atoms with Crippen LogP contribution in [0.4, 0.5) is 0 Å². The van der Waals surface area contributed by atoms with E-state index in [-0.39, 0.29) is 84.1 Å². The van der Waals surface area contributed by atoms with Crippen LogP contribution in [0.3, 0.4) is 0 Å². The molecule has 1 saturated carbocycles. The number of carbonyl (C=O) groups is 6. The van der Waals surface area contributed by atoms with Gasteiger partial charge in [0, 0.05) is 64.4 Å². The summed E-state index contributed by atoms with van der Waals surface area (Å²) in [6, 6.07) is -0.735. The molecule has 3 rings (SSSR count). The number of aliphatic hydroxyl groups excluding tert-OH is 2. The highest BCUT2D eigenvalue weighted by Crippen LogP contribution is 2.37. The number of carbonyl (C=O) groups excluding carboxylic acids is 6. The van der Waals surface area contributed by atoms with Gasteiger partial charge in [-0.05, 0) is 119 Å². The summed E-state index contributed by atoms with van der Waals surface area (Å²) in [7, 11) is 4.65. The van der Waals surface area contributed by atoms with Gasteiger partial charge in [0.2, 0.25) is 5.78 Å². The summed E-state index contributed by atoms with van der Waals surface area (Å²) in [6.07, 6.45) is 16.1. The number of hydrogen-bond acceptors (Lipinski definition) is 12. The monoisotopic (exact) mass is 982 g/mol. The van der Waals surface area contributed by atoms with Gasteiger partial charge in [-0.25, -0.2) is 0 Å². The Bertz CT molecular complexity index is 1870. The molecule has 0 aromatic carbocycles. The van der Waals surface area contributed by atoms with Crippen LogP contribution in [-0.4, -0.2) is 121 Å². The van der Waals surface area contributed by atoms with E-state index >= 15 is 0 Å². The first-order valence-electron chi connectivity index (χ1n) is 26.3. The number of rotatable bonds is 28. The minimum atomic E-state index is -1.29. The van der Waals surface area contributed by atoms with E-state index in [0.717, 1.165) is 37.7 Å². The average molecular weight is 982 g/mol. The predicted octanol–water partition coefficient (Wildman–Crippen LogP) is 9.10. The van der Waals surface area contributed by atoms with Crippen molar-refractivity contribution in [2.24, 2.45) is 46.8 Å². The molecule has 1 amide bonds. The van der Waals surface area contributed by atoms with E-state index in [4.69, 9.17) is 18.9 Å². The summed E-state index contributed by atoms with van der Waals surface area (Å²) >= 11 is 0. The smallest absolute Gasteiger partial charge is 0.308 e. The number of amides is 1. The molecule has 14 unspecified atom stereocenters. The van der Waals surface area contributed by atoms with Gasteiger partial charge in [-0.1, -0.05) is 91.8 Å². The van der Waals surface area contributed by atoms with E-state index in [1.807, 2.05) is 65.0 Å². The largest absolute Gasteiger partial charge is 0.462 e. The van der Waals surface area contributed by atoms with Gasteiger partial charge in [0.1, 0.15) is 24.1 Å². The maximum atomic E-state index is 14.3. The normalized spacial score (nSPS) is 26.5. The Morgan fingerprint density at radius 3 is 2.21 bits per heavy atom. The summed E-state index contributed by atoms with van der Waals surface area (Å²) < 4.78 is 22.5. The van der Waals surface area contributed by atoms with E-state index in [1.54, 1.807) is 48.0 Å². The summed E-state index contributed by atoms with van der Waals surface area (Å²) in [4.78, 5) is 82.7. The summed E-state index contributed by atoms with van der Waals surface area (Å²) in [6.45, 7) is 19.0. The van der Waals surface area contributed by atoms with Gasteiger partial charge in [-0.15, -0.1) is 0 Å². The number of ketones is 4. The Hall–Kier alpha value is -3.62. The molecule has 0 spiro atoms. The predicted molar refractivity (Wildman–Crippen MR) is 273 cm³/mol. The first kappa shape index (κ1) is 60.7. The second-order valence-corrected chi connectivity index (χ2v) is 21.9. The fourth-order valence-electron chi connectivity index (χ4n) is 10.4. The third-order valence-corrected chi connectivity index (χ3v) is 15.8. The number of Topliss-reactive ketones (excluding diaryl/α,β-unsaturated/α-hetero) is 4. The number of likely N-dealkylation sites (tertiary alicyclic amines) is 1. The SMILES string of the molecule is CCC(C)(C)C(=O)C(=O)N1CCCCC1C(=O)CC(CC(=O)C(C)C=C(C)C(O)C(OC)C(=O)C(C)CC(C)C=CC=CC=C(C)C(CC1CCC(C)C(=O)O1)OC)C(C)CC1CCC(O)C(OC)C1. The molecule has 70 heavy (non-hydrogen) atoms. The second kappa shape index (κ2) is 29.2. The van der Waals surface area contributed by atoms with Gasteiger partial charge in [0.25, 0.3) is 5.91 Å². The molecule has 2 aliphatic heterocycles. The molecule has 2 heterocycles. The Kier molecular flexibility index (Phi) is 25.3. The summed E-state index contributed by atoms with van der Waals surface area (Å²) in [5.41, 5.74) is 0.607. The minimum absolute atomic E-state index is 0.0402. The van der Waals surface area contributed by atoms with Crippen molar-refractivity contribution in [1.29, 1.82) is 0 Å². The van der Waals surface area contributed by atoms with Crippen LogP contribution in [0.1, 0.15) is 159 Å². The lowest BCUT2D eigenvalue weighted by Gasteiger charge is -2.38. The topological polar surface area (TPSA) is 183 Å². The van der Waals surface area contributed by atoms with Crippen molar-refractivity contribution in [2.75, 3.05) is 27.9 Å². The quantitative estimate of drug-likeness (QED) is 0.0329. The first-order chi connectivity index (χ1) is 33.0. The van der Waals surface area contributed by atoms with Crippen molar-refractivity contribution >= 4 is 35.0 Å². The van der Waals surface area contributed by atoms with Crippen LogP contribution in [0.5, 0.6) is 0 Å². The molecule has 3 aliphatic rings. The van der Waals surface area contributed by atoms with Crippen molar-refractivity contribution in [1.82, 2.24) is 4.90 Å². The Morgan fingerprint density at radius 1 is 0.886 bits per heavy atom. The molecule has 13 nitrogen and oxygen atoms in total. The molecule has 0 aromatic heterocycles. The fraction of sp³-hybridized carbons (Fsp3) is 0.754. The lowest BCUT2D eigenvalue weighted by atomic mass is 9.74. The van der Waals surface area contributed by atoms with Crippen molar-refractivity contribution in [3.8, 4) is 0 Å². The second-order valence-electron chi connectivity index (χ2n) is 21.9. The number of esters is 1. The molecule has 0 bridgehead atoms. The standard InChI is InChI=1S/C57H91NO12/c1-14-57(9,10)54(64)55(65)58-27-19-18-22-45(58)48(61)33-43(38(5)30-42-24-26-46(59)50(31-42)68-12)32-47(60)39(6)29-41(8)52(63)53(69-13)51(62)40(7)28-35(2)20-16-15-17-21-36(3)49(67-11)34-44-25-23-37(4)56(66)70-44/h15-17,20-21,29,35,37-40,42-46,49-50,52-53,59,63H,14,18-19,22-28,30-34H2,1-13H3. The van der Waals surface area contributed by atoms with Crippen molar-refractivity contribution in [3.63, 3.8) is 0 Å². The van der Waals surface area contributed by atoms with Crippen LogP contribution in [0.15, 0.2) is 47.6 Å². The zero-order valence-electron chi connectivity index (χ0n) is 45.1. The van der Waals surface area contributed by atoms with E-state index in [9.17, 15) is 39.0 Å². The van der Waals surface area contributed by atoms with Gasteiger partial charge in [-0.2, -0.15) is 0 Å². The number of piperidine rings is 1. The zero-order valence-corrected chi connectivity index (χ0v) is 45.1. The maximum Gasteiger partial charge on any atom is 0.308 e. The number of methoxy groups -OCH3 is 3. The zero-order chi connectivity index (χ0) is 52.5. The third-order valence-electron chi connectivity index (χ3n) is 15.8. The molecular weight excluding hydrogens is 891 g/mol. The number of nitrogens with zero attached hydrogens (tertiary/aromatic N) is 1. The van der Waals surface area contributed by atoms with Gasteiger partial charge in [0.15, 0.2) is 11.6 Å². The number of aliphatic hydroxyl groups is 2. The number of ether oxygens (including phenoxy) is 4. The minimum Gasteiger partial charge on any atom is -0.462 e. The van der Waals surface area contributed by atoms with Crippen LogP contribution < -0.4 is 0 Å². The Labute approximate surface area is 420 Å². The molecule has 0 aromatic rings.